The largest absolute Gasteiger partial charge is 0.309 e. The molecule has 0 aliphatic heterocycles. The van der Waals surface area contributed by atoms with Crippen molar-refractivity contribution in [3.8, 4) is 97.5 Å². The van der Waals surface area contributed by atoms with Gasteiger partial charge in [0.2, 0.25) is 0 Å². The van der Waals surface area contributed by atoms with Crippen molar-refractivity contribution in [2.45, 2.75) is 0 Å². The molecule has 0 N–H and O–H groups in total. The fourth-order valence-corrected chi connectivity index (χ4v) is 12.3. The molecular weight excluding hydrogens is 1010 g/mol. The summed E-state index contributed by atoms with van der Waals surface area (Å²) in [6.45, 7) is 0. The fourth-order valence-electron chi connectivity index (χ4n) is 12.3. The topological polar surface area (TPSA) is 136 Å². The number of fused-ring (bicyclic) bond motifs is 9. The van der Waals surface area contributed by atoms with Gasteiger partial charge in [-0.15, -0.1) is 0 Å². The van der Waals surface area contributed by atoms with Gasteiger partial charge in [-0.05, 0) is 114 Å². The summed E-state index contributed by atoms with van der Waals surface area (Å²) in [4.78, 5) is 9.83. The third kappa shape index (κ3) is 7.74. The first-order valence-corrected chi connectivity index (χ1v) is 27.1. The predicted octanol–water partition coefficient (Wildman–Crippen LogP) is 17.6. The van der Waals surface area contributed by atoms with Crippen molar-refractivity contribution in [2.24, 2.45) is 0 Å². The van der Waals surface area contributed by atoms with Crippen molar-refractivity contribution in [3.63, 3.8) is 0 Å². The van der Waals surface area contributed by atoms with Crippen molar-refractivity contribution < 1.29 is 0 Å². The van der Waals surface area contributed by atoms with Crippen LogP contribution in [0.15, 0.2) is 249 Å². The highest BCUT2D eigenvalue weighted by Crippen LogP contribution is 2.42. The SMILES string of the molecule is N#Cc1ccccc1-c1cc(-c2ccc(-c3ccc(-c4c(C#N)cc(-n5c6ccc(-n7c8ccccc8c8ccccc87)cc6c6cc(-n7c8ccccc8c8ccccc87)ccc65)cc4C#N)cc3)cc2)nc(-c2ccccc2C#N)n1. The zero-order valence-electron chi connectivity index (χ0n) is 44.2. The second-order valence-corrected chi connectivity index (χ2v) is 20.5. The van der Waals surface area contributed by atoms with Gasteiger partial charge in [0.15, 0.2) is 5.82 Å². The van der Waals surface area contributed by atoms with E-state index in [0.717, 1.165) is 77.5 Å². The smallest absolute Gasteiger partial charge is 0.161 e. The zero-order valence-corrected chi connectivity index (χ0v) is 44.2. The van der Waals surface area contributed by atoms with E-state index in [0.29, 0.717) is 61.8 Å². The van der Waals surface area contributed by atoms with Crippen LogP contribution in [-0.4, -0.2) is 23.7 Å². The Kier molecular flexibility index (Phi) is 11.2. The lowest BCUT2D eigenvalue weighted by Crippen LogP contribution is -2.00. The summed E-state index contributed by atoms with van der Waals surface area (Å²) >= 11 is 0. The number of hydrogen-bond donors (Lipinski definition) is 0. The van der Waals surface area contributed by atoms with Gasteiger partial charge >= 0.3 is 0 Å². The average molecular weight is 1060 g/mol. The van der Waals surface area contributed by atoms with Crippen molar-refractivity contribution in [2.75, 3.05) is 0 Å². The quantitative estimate of drug-likeness (QED) is 0.149. The maximum Gasteiger partial charge on any atom is 0.161 e. The van der Waals surface area contributed by atoms with E-state index in [4.69, 9.17) is 9.97 Å². The Hall–Kier alpha value is -12.1. The minimum atomic E-state index is 0.383. The summed E-state index contributed by atoms with van der Waals surface area (Å²) in [5.74, 6) is 0.383. The van der Waals surface area contributed by atoms with Crippen LogP contribution in [0.25, 0.3) is 139 Å². The minimum absolute atomic E-state index is 0.383. The molecule has 4 heterocycles. The molecule has 0 aliphatic rings. The van der Waals surface area contributed by atoms with Crippen LogP contribution in [0, 0.1) is 45.3 Å². The fraction of sp³-hybridized carbons (Fsp3) is 0. The summed E-state index contributed by atoms with van der Waals surface area (Å²) in [7, 11) is 0. The lowest BCUT2D eigenvalue weighted by molar-refractivity contribution is 1.16. The summed E-state index contributed by atoms with van der Waals surface area (Å²) < 4.78 is 6.86. The van der Waals surface area contributed by atoms with Crippen LogP contribution in [-0.2, 0) is 0 Å². The molecule has 0 aliphatic carbocycles. The van der Waals surface area contributed by atoms with Gasteiger partial charge in [0.05, 0.1) is 91.0 Å². The number of rotatable bonds is 8. The number of hydrogen-bond acceptors (Lipinski definition) is 6. The van der Waals surface area contributed by atoms with Gasteiger partial charge < -0.3 is 13.7 Å². The lowest BCUT2D eigenvalue weighted by Gasteiger charge is -2.14. The summed E-state index contributed by atoms with van der Waals surface area (Å²) in [6.07, 6.45) is 0. The maximum absolute atomic E-state index is 11.0. The van der Waals surface area contributed by atoms with Gasteiger partial charge in [-0.2, -0.15) is 21.0 Å². The van der Waals surface area contributed by atoms with Crippen LogP contribution in [0.2, 0.25) is 0 Å². The highest BCUT2D eigenvalue weighted by Gasteiger charge is 2.22. The molecule has 15 rings (SSSR count). The molecular formula is C74H41N9. The van der Waals surface area contributed by atoms with Crippen LogP contribution in [0.1, 0.15) is 22.3 Å². The average Bonchev–Trinajstić information content (AvgIpc) is 4.17. The van der Waals surface area contributed by atoms with Crippen LogP contribution >= 0.6 is 0 Å². The summed E-state index contributed by atoms with van der Waals surface area (Å²) in [5, 5.41) is 48.8. The molecule has 0 radical (unpaired) electrons. The van der Waals surface area contributed by atoms with E-state index in [1.54, 1.807) is 12.1 Å². The van der Waals surface area contributed by atoms with Crippen molar-refractivity contribution >= 4 is 65.4 Å². The first-order chi connectivity index (χ1) is 41.0. The molecule has 15 aromatic rings. The molecule has 9 heteroatoms. The molecule has 0 saturated carbocycles. The van der Waals surface area contributed by atoms with Crippen molar-refractivity contribution in [1.29, 1.82) is 21.0 Å². The van der Waals surface area contributed by atoms with Crippen molar-refractivity contribution in [3.05, 3.63) is 271 Å². The van der Waals surface area contributed by atoms with Crippen LogP contribution in [0.4, 0.5) is 0 Å². The Balaban J connectivity index is 0.828. The Morgan fingerprint density at radius 2 is 0.627 bits per heavy atom. The first kappa shape index (κ1) is 48.0. The van der Waals surface area contributed by atoms with Crippen molar-refractivity contribution in [1.82, 2.24) is 23.7 Å². The van der Waals surface area contributed by atoms with Gasteiger partial charge in [0, 0.05) is 71.6 Å². The second kappa shape index (κ2) is 19.3. The molecule has 0 bridgehead atoms. The Morgan fingerprint density at radius 3 is 1.10 bits per heavy atom. The molecule has 83 heavy (non-hydrogen) atoms. The molecule has 382 valence electrons. The first-order valence-electron chi connectivity index (χ1n) is 27.1. The van der Waals surface area contributed by atoms with Gasteiger partial charge in [-0.3, -0.25) is 0 Å². The second-order valence-electron chi connectivity index (χ2n) is 20.5. The Bertz CT molecular complexity index is 4990. The summed E-state index contributed by atoms with van der Waals surface area (Å²) in [6, 6.07) is 93.1. The monoisotopic (exact) mass is 1060 g/mol. The predicted molar refractivity (Wildman–Crippen MR) is 331 cm³/mol. The highest BCUT2D eigenvalue weighted by molar-refractivity contribution is 6.14. The van der Waals surface area contributed by atoms with Gasteiger partial charge in [-0.25, -0.2) is 9.97 Å². The molecule has 0 atom stereocenters. The van der Waals surface area contributed by atoms with E-state index in [-0.39, 0.29) is 0 Å². The van der Waals surface area contributed by atoms with E-state index >= 15 is 0 Å². The van der Waals surface area contributed by atoms with E-state index in [9.17, 15) is 21.0 Å². The van der Waals surface area contributed by atoms with Gasteiger partial charge in [0.1, 0.15) is 0 Å². The Morgan fingerprint density at radius 1 is 0.265 bits per heavy atom. The molecule has 4 aromatic heterocycles. The molecule has 0 amide bonds. The van der Waals surface area contributed by atoms with Gasteiger partial charge in [-0.1, -0.05) is 152 Å². The molecule has 0 spiro atoms. The van der Waals surface area contributed by atoms with Crippen LogP contribution < -0.4 is 0 Å². The zero-order chi connectivity index (χ0) is 55.7. The molecule has 0 unspecified atom stereocenters. The number of nitriles is 4. The third-order valence-corrected chi connectivity index (χ3v) is 16.1. The standard InChI is InChI=1S/C74H41N9/c75-42-50-13-1-3-15-57(50)66-41-65(79-74(80-66)58-16-4-2-14-51(58)43-76)48-29-25-46(26-30-48)47-27-31-49(32-28-47)73-52(44-77)37-56(38-53(73)45-78)83-71-35-33-54(81-67-21-9-5-17-59(67)60-18-6-10-22-68(60)81)39-63(71)64-40-55(34-36-72(64)83)82-69-23-11-7-19-61(69)62-20-8-12-24-70(62)82/h1-41H. The van der Waals surface area contributed by atoms with Crippen LogP contribution in [0.3, 0.4) is 0 Å². The molecule has 0 saturated heterocycles. The highest BCUT2D eigenvalue weighted by atomic mass is 15.0. The van der Waals surface area contributed by atoms with E-state index in [2.05, 4.69) is 171 Å². The minimum Gasteiger partial charge on any atom is -0.309 e. The van der Waals surface area contributed by atoms with E-state index in [1.807, 2.05) is 103 Å². The Labute approximate surface area is 476 Å². The number of nitrogens with zero attached hydrogens (tertiary/aromatic N) is 9. The number of para-hydroxylation sites is 4. The third-order valence-electron chi connectivity index (χ3n) is 16.1. The van der Waals surface area contributed by atoms with Crippen LogP contribution in [0.5, 0.6) is 0 Å². The normalized spacial score (nSPS) is 11.3. The van der Waals surface area contributed by atoms with E-state index in [1.165, 1.54) is 21.5 Å². The number of benzene rings is 11. The molecule has 9 nitrogen and oxygen atoms in total. The summed E-state index contributed by atoms with van der Waals surface area (Å²) in [5.41, 5.74) is 17.3. The van der Waals surface area contributed by atoms with E-state index < -0.39 is 0 Å². The maximum atomic E-state index is 11.0. The molecule has 11 aromatic carbocycles. The van der Waals surface area contributed by atoms with Gasteiger partial charge in [0.25, 0.3) is 0 Å². The number of aromatic nitrogens is 5. The molecule has 0 fully saturated rings. The lowest BCUT2D eigenvalue weighted by atomic mass is 9.92.